The number of fused-ring (bicyclic) bond motifs is 2. The van der Waals surface area contributed by atoms with E-state index in [1.165, 1.54) is 21.8 Å². The van der Waals surface area contributed by atoms with Gasteiger partial charge in [-0.2, -0.15) is 10.2 Å². The first-order valence-electron chi connectivity index (χ1n) is 23.1. The number of nitrogens with one attached hydrogen (secondary N) is 1. The smallest absolute Gasteiger partial charge is 0.261 e. The lowest BCUT2D eigenvalue weighted by Crippen LogP contribution is -2.64. The molecule has 0 bridgehead atoms. The summed E-state index contributed by atoms with van der Waals surface area (Å²) in [5.74, 6) is 1.26. The highest BCUT2D eigenvalue weighted by molar-refractivity contribution is 7.21. The number of amides is 1. The van der Waals surface area contributed by atoms with Crippen LogP contribution in [0.15, 0.2) is 97.3 Å². The number of anilines is 2. The van der Waals surface area contributed by atoms with Crippen LogP contribution < -0.4 is 15.1 Å². The Labute approximate surface area is 405 Å². The van der Waals surface area contributed by atoms with Gasteiger partial charge in [-0.3, -0.25) is 9.69 Å². The van der Waals surface area contributed by atoms with E-state index in [9.17, 15) is 4.79 Å². The highest BCUT2D eigenvalue weighted by Gasteiger charge is 2.43. The highest BCUT2D eigenvalue weighted by atomic mass is 35.5. The van der Waals surface area contributed by atoms with Gasteiger partial charge in [0.2, 0.25) is 0 Å². The normalized spacial score (nSPS) is 20.3. The molecule has 4 saturated heterocycles. The number of aryl methyl sites for hydroxylation is 1. The van der Waals surface area contributed by atoms with Crippen LogP contribution in [-0.2, 0) is 25.5 Å². The van der Waals surface area contributed by atoms with Crippen LogP contribution in [0.5, 0.6) is 0 Å². The van der Waals surface area contributed by atoms with E-state index in [4.69, 9.17) is 50.7 Å². The molecule has 10 heterocycles. The van der Waals surface area contributed by atoms with Crippen molar-refractivity contribution in [2.75, 3.05) is 88.7 Å². The number of aromatic nitrogens is 6. The minimum absolute atomic E-state index is 0.155. The molecule has 348 valence electrons. The summed E-state index contributed by atoms with van der Waals surface area (Å²) < 4.78 is 29.8. The predicted octanol–water partition coefficient (Wildman–Crippen LogP) is 7.64. The number of thiophene rings is 2. The van der Waals surface area contributed by atoms with Gasteiger partial charge in [0, 0.05) is 91.4 Å². The van der Waals surface area contributed by atoms with Crippen molar-refractivity contribution in [2.24, 2.45) is 0 Å². The molecule has 0 aliphatic carbocycles. The second-order valence-corrected chi connectivity index (χ2v) is 20.3. The van der Waals surface area contributed by atoms with Gasteiger partial charge >= 0.3 is 0 Å². The number of nitrogens with zero attached hydrogens (tertiary/aromatic N) is 9. The molecule has 2 aromatic carbocycles. The minimum atomic E-state index is -0.324. The fourth-order valence-corrected chi connectivity index (χ4v) is 11.9. The second-order valence-electron chi connectivity index (χ2n) is 17.6. The number of morpholine rings is 3. The fourth-order valence-electron chi connectivity index (χ4n) is 9.50. The van der Waals surface area contributed by atoms with E-state index in [1.54, 1.807) is 11.3 Å². The number of hydrogen-bond donors (Lipinski definition) is 1. The number of carbonyl (C=O) groups excluding carboxylic acids is 1. The molecule has 0 saturated carbocycles. The molecule has 4 fully saturated rings. The molecule has 12 rings (SSSR count). The lowest BCUT2D eigenvalue weighted by molar-refractivity contribution is -0.160. The molecule has 8 aromatic rings. The summed E-state index contributed by atoms with van der Waals surface area (Å²) in [5.41, 5.74) is 8.61. The maximum Gasteiger partial charge on any atom is 0.261 e. The summed E-state index contributed by atoms with van der Waals surface area (Å²) in [6.07, 6.45) is 3.29. The molecule has 6 aromatic heterocycles. The SMILES string of the molecule is Cc1cccc(-c2ccn(-c3cc(N4CCOCC4)c4sc(C(=O)NC5COC5C5CN(c6cc(-n7ccc(-c8cccc(Cl)c8)n7)nc7cc(CN8CCOCC8)sc67)CCO5)cc4n3)n2)c1. The largest absolute Gasteiger partial charge is 0.379 e. The topological polar surface area (TPSA) is 137 Å². The van der Waals surface area contributed by atoms with Crippen LogP contribution in [0.4, 0.5) is 11.4 Å². The number of carbonyl (C=O) groups is 1. The van der Waals surface area contributed by atoms with Crippen LogP contribution in [-0.4, -0.2) is 137 Å². The Hall–Kier alpha value is -5.76. The van der Waals surface area contributed by atoms with Gasteiger partial charge in [0.25, 0.3) is 5.91 Å². The molecule has 3 unspecified atom stereocenters. The van der Waals surface area contributed by atoms with Crippen LogP contribution in [0, 0.1) is 6.92 Å². The number of benzene rings is 2. The number of ether oxygens (including phenoxy) is 4. The minimum Gasteiger partial charge on any atom is -0.379 e. The maximum absolute atomic E-state index is 14.2. The van der Waals surface area contributed by atoms with Crippen LogP contribution in [0.25, 0.3) is 54.6 Å². The molecule has 18 heteroatoms. The Balaban J connectivity index is 0.796. The standard InChI is InChI=1S/C50H49ClN10O5S2/c1-31-4-2-5-32(22-31)36-8-10-60(55-36)45-26-41(58-14-19-64-20-15-58)49-39(53-45)25-44(68-49)50(62)54-40-30-66-47(40)43-29-59(16-21-65-43)42-27-46(61-11-9-37(56-61)33-6-3-7-34(51)23-33)52-38-24-35(67-48(38)42)28-57-12-17-63-18-13-57/h2-11,22-27,40,43,47H,12-21,28-30H2,1H3,(H,54,62). The van der Waals surface area contributed by atoms with E-state index < -0.39 is 0 Å². The molecular formula is C50H49ClN10O5S2. The molecule has 1 amide bonds. The van der Waals surface area contributed by atoms with E-state index >= 15 is 0 Å². The van der Waals surface area contributed by atoms with Gasteiger partial charge in [0.1, 0.15) is 12.2 Å². The maximum atomic E-state index is 14.2. The number of pyridine rings is 2. The van der Waals surface area contributed by atoms with E-state index in [1.807, 2.05) is 70.3 Å². The van der Waals surface area contributed by atoms with E-state index in [-0.39, 0.29) is 24.2 Å². The second kappa shape index (κ2) is 18.6. The molecule has 1 N–H and O–H groups in total. The van der Waals surface area contributed by atoms with Gasteiger partial charge in [-0.25, -0.2) is 19.3 Å². The number of halogens is 1. The molecule has 0 radical (unpaired) electrons. The molecule has 4 aliphatic heterocycles. The molecule has 68 heavy (non-hydrogen) atoms. The van der Waals surface area contributed by atoms with Crippen molar-refractivity contribution in [3.8, 4) is 34.2 Å². The van der Waals surface area contributed by atoms with Gasteiger partial charge < -0.3 is 34.1 Å². The van der Waals surface area contributed by atoms with Gasteiger partial charge in [0.15, 0.2) is 11.6 Å². The molecule has 4 aliphatic rings. The highest BCUT2D eigenvalue weighted by Crippen LogP contribution is 2.39. The molecular weight excluding hydrogens is 920 g/mol. The molecule has 15 nitrogen and oxygen atoms in total. The van der Waals surface area contributed by atoms with E-state index in [0.29, 0.717) is 55.2 Å². The average Bonchev–Trinajstić information content (AvgIpc) is 4.20. The first kappa shape index (κ1) is 43.5. The van der Waals surface area contributed by atoms with Crippen molar-refractivity contribution in [1.82, 2.24) is 39.7 Å². The summed E-state index contributed by atoms with van der Waals surface area (Å²) in [7, 11) is 0. The first-order valence-corrected chi connectivity index (χ1v) is 25.1. The van der Waals surface area contributed by atoms with E-state index in [0.717, 1.165) is 106 Å². The third-order valence-electron chi connectivity index (χ3n) is 13.1. The fraction of sp³-hybridized carbons (Fsp3) is 0.340. The zero-order valence-corrected chi connectivity index (χ0v) is 39.8. The Bertz CT molecular complexity index is 3140. The predicted molar refractivity (Wildman–Crippen MR) is 266 cm³/mol. The summed E-state index contributed by atoms with van der Waals surface area (Å²) in [6, 6.07) is 28.1. The van der Waals surface area contributed by atoms with Gasteiger partial charge in [0.05, 0.1) is 93.8 Å². The van der Waals surface area contributed by atoms with Crippen molar-refractivity contribution < 1.29 is 23.7 Å². The van der Waals surface area contributed by atoms with Crippen molar-refractivity contribution in [1.29, 1.82) is 0 Å². The Morgan fingerprint density at radius 3 is 2.06 bits per heavy atom. The van der Waals surface area contributed by atoms with Gasteiger partial charge in [-0.1, -0.05) is 47.5 Å². The Morgan fingerprint density at radius 2 is 1.37 bits per heavy atom. The molecule has 3 atom stereocenters. The summed E-state index contributed by atoms with van der Waals surface area (Å²) in [5, 5.41) is 13.8. The lowest BCUT2D eigenvalue weighted by atomic mass is 9.99. The van der Waals surface area contributed by atoms with Crippen molar-refractivity contribution in [2.45, 2.75) is 31.7 Å². The van der Waals surface area contributed by atoms with Crippen LogP contribution >= 0.6 is 34.3 Å². The lowest BCUT2D eigenvalue weighted by Gasteiger charge is -2.45. The van der Waals surface area contributed by atoms with Crippen molar-refractivity contribution in [3.63, 3.8) is 0 Å². The zero-order valence-electron chi connectivity index (χ0n) is 37.4. The van der Waals surface area contributed by atoms with E-state index in [2.05, 4.69) is 63.3 Å². The van der Waals surface area contributed by atoms with Gasteiger partial charge in [-0.15, -0.1) is 22.7 Å². The number of hydrogen-bond acceptors (Lipinski definition) is 14. The zero-order chi connectivity index (χ0) is 45.7. The van der Waals surface area contributed by atoms with Crippen molar-refractivity contribution >= 4 is 72.0 Å². The van der Waals surface area contributed by atoms with Crippen LogP contribution in [0.3, 0.4) is 0 Å². The quantitative estimate of drug-likeness (QED) is 0.136. The first-order chi connectivity index (χ1) is 33.3. The number of rotatable bonds is 11. The van der Waals surface area contributed by atoms with Crippen LogP contribution in [0.1, 0.15) is 20.1 Å². The summed E-state index contributed by atoms with van der Waals surface area (Å²) in [4.78, 5) is 33.4. The van der Waals surface area contributed by atoms with Crippen molar-refractivity contribution in [3.05, 3.63) is 118 Å². The Morgan fingerprint density at radius 1 is 0.721 bits per heavy atom. The third kappa shape index (κ3) is 8.77. The van der Waals surface area contributed by atoms with Gasteiger partial charge in [-0.05, 0) is 49.4 Å². The molecule has 0 spiro atoms. The monoisotopic (exact) mass is 968 g/mol. The Kier molecular flexibility index (Phi) is 11.9. The van der Waals surface area contributed by atoms with Crippen LogP contribution in [0.2, 0.25) is 5.02 Å². The third-order valence-corrected chi connectivity index (χ3v) is 15.6. The summed E-state index contributed by atoms with van der Waals surface area (Å²) in [6.45, 7) is 11.2. The summed E-state index contributed by atoms with van der Waals surface area (Å²) >= 11 is 9.60. The average molecular weight is 970 g/mol.